The van der Waals surface area contributed by atoms with Crippen LogP contribution in [-0.4, -0.2) is 25.0 Å². The van der Waals surface area contributed by atoms with Crippen molar-refractivity contribution in [1.82, 2.24) is 0 Å². The number of aliphatic carboxylic acids is 1. The van der Waals surface area contributed by atoms with E-state index in [1.807, 2.05) is 26.0 Å². The SMILES string of the molecule is COCOc1c(C)cc(C=CC(=O)O)cc1C. The predicted octanol–water partition coefficient (Wildman–Crippen LogP) is 2.38. The Kier molecular flexibility index (Phi) is 4.72. The quantitative estimate of drug-likeness (QED) is 0.630. The summed E-state index contributed by atoms with van der Waals surface area (Å²) in [6.07, 6.45) is 2.67. The van der Waals surface area contributed by atoms with Gasteiger partial charge in [-0.2, -0.15) is 0 Å². The Morgan fingerprint density at radius 3 is 2.41 bits per heavy atom. The lowest BCUT2D eigenvalue weighted by molar-refractivity contribution is -0.131. The first-order valence-corrected chi connectivity index (χ1v) is 5.18. The lowest BCUT2D eigenvalue weighted by atomic mass is 10.1. The van der Waals surface area contributed by atoms with E-state index in [2.05, 4.69) is 0 Å². The first kappa shape index (κ1) is 13.3. The van der Waals surface area contributed by atoms with Crippen LogP contribution in [0.1, 0.15) is 16.7 Å². The maximum Gasteiger partial charge on any atom is 0.328 e. The molecule has 0 aromatic heterocycles. The minimum absolute atomic E-state index is 0.200. The summed E-state index contributed by atoms with van der Waals surface area (Å²) in [6.45, 7) is 4.03. The molecule has 0 spiro atoms. The summed E-state index contributed by atoms with van der Waals surface area (Å²) in [6, 6.07) is 3.74. The molecule has 0 saturated heterocycles. The van der Waals surface area contributed by atoms with Gasteiger partial charge in [0, 0.05) is 13.2 Å². The van der Waals surface area contributed by atoms with Gasteiger partial charge in [0.1, 0.15) is 5.75 Å². The van der Waals surface area contributed by atoms with Gasteiger partial charge in [0.15, 0.2) is 6.79 Å². The van der Waals surface area contributed by atoms with Crippen LogP contribution in [0.15, 0.2) is 18.2 Å². The normalized spacial score (nSPS) is 10.8. The Bertz CT molecular complexity index is 412. The maximum absolute atomic E-state index is 10.4. The minimum Gasteiger partial charge on any atom is -0.478 e. The van der Waals surface area contributed by atoms with E-state index in [9.17, 15) is 4.79 Å². The summed E-state index contributed by atoms with van der Waals surface area (Å²) < 4.78 is 10.3. The average molecular weight is 236 g/mol. The standard InChI is InChI=1S/C13H16O4/c1-9-6-11(4-5-12(14)15)7-10(2)13(9)17-8-16-3/h4-7H,8H2,1-3H3,(H,14,15). The molecule has 0 aliphatic carbocycles. The summed E-state index contributed by atoms with van der Waals surface area (Å²) in [4.78, 5) is 10.4. The molecule has 4 heteroatoms. The minimum atomic E-state index is -0.958. The molecule has 0 atom stereocenters. The van der Waals surface area contributed by atoms with Crippen LogP contribution in [0.3, 0.4) is 0 Å². The van der Waals surface area contributed by atoms with Crippen molar-refractivity contribution < 1.29 is 19.4 Å². The van der Waals surface area contributed by atoms with Crippen LogP contribution in [0.25, 0.3) is 6.08 Å². The molecule has 0 fully saturated rings. The predicted molar refractivity (Wildman–Crippen MR) is 65.1 cm³/mol. The third kappa shape index (κ3) is 3.92. The number of carboxylic acids is 1. The van der Waals surface area contributed by atoms with Crippen LogP contribution in [-0.2, 0) is 9.53 Å². The molecule has 0 radical (unpaired) electrons. The van der Waals surface area contributed by atoms with E-state index >= 15 is 0 Å². The van der Waals surface area contributed by atoms with Crippen LogP contribution in [0.2, 0.25) is 0 Å². The maximum atomic E-state index is 10.4. The summed E-state index contributed by atoms with van der Waals surface area (Å²) in [5.41, 5.74) is 2.74. The Hall–Kier alpha value is -1.81. The summed E-state index contributed by atoms with van der Waals surface area (Å²) >= 11 is 0. The molecule has 0 unspecified atom stereocenters. The number of hydrogen-bond donors (Lipinski definition) is 1. The van der Waals surface area contributed by atoms with Crippen molar-refractivity contribution in [2.24, 2.45) is 0 Å². The van der Waals surface area contributed by atoms with Crippen LogP contribution in [0.4, 0.5) is 0 Å². The second-order valence-corrected chi connectivity index (χ2v) is 3.71. The van der Waals surface area contributed by atoms with Crippen molar-refractivity contribution in [3.8, 4) is 5.75 Å². The van der Waals surface area contributed by atoms with Crippen molar-refractivity contribution in [2.75, 3.05) is 13.9 Å². The lowest BCUT2D eigenvalue weighted by Crippen LogP contribution is -2.02. The largest absolute Gasteiger partial charge is 0.478 e. The monoisotopic (exact) mass is 236 g/mol. The number of aryl methyl sites for hydroxylation is 2. The second kappa shape index (κ2) is 6.06. The molecule has 92 valence electrons. The number of carbonyl (C=O) groups is 1. The zero-order valence-electron chi connectivity index (χ0n) is 10.2. The summed E-state index contributed by atoms with van der Waals surface area (Å²) in [5.74, 6) is -0.181. The second-order valence-electron chi connectivity index (χ2n) is 3.71. The number of ether oxygens (including phenoxy) is 2. The van der Waals surface area contributed by atoms with Gasteiger partial charge in [0.25, 0.3) is 0 Å². The van der Waals surface area contributed by atoms with Gasteiger partial charge in [0.05, 0.1) is 0 Å². The Morgan fingerprint density at radius 2 is 1.94 bits per heavy atom. The van der Waals surface area contributed by atoms with Gasteiger partial charge in [-0.15, -0.1) is 0 Å². The first-order chi connectivity index (χ1) is 8.04. The van der Waals surface area contributed by atoms with E-state index in [-0.39, 0.29) is 6.79 Å². The Labute approximate surface area is 100 Å². The van der Waals surface area contributed by atoms with E-state index in [4.69, 9.17) is 14.6 Å². The molecule has 1 rings (SSSR count). The fourth-order valence-corrected chi connectivity index (χ4v) is 1.59. The van der Waals surface area contributed by atoms with Gasteiger partial charge in [0.2, 0.25) is 0 Å². The van der Waals surface area contributed by atoms with Crippen molar-refractivity contribution in [3.05, 3.63) is 34.9 Å². The molecule has 0 saturated carbocycles. The van der Waals surface area contributed by atoms with Crippen LogP contribution in [0, 0.1) is 13.8 Å². The number of rotatable bonds is 5. The smallest absolute Gasteiger partial charge is 0.328 e. The molecule has 0 bridgehead atoms. The molecule has 17 heavy (non-hydrogen) atoms. The Morgan fingerprint density at radius 1 is 1.35 bits per heavy atom. The third-order valence-electron chi connectivity index (χ3n) is 2.22. The highest BCUT2D eigenvalue weighted by Crippen LogP contribution is 2.25. The van der Waals surface area contributed by atoms with Gasteiger partial charge < -0.3 is 14.6 Å². The highest BCUT2D eigenvalue weighted by molar-refractivity contribution is 5.85. The van der Waals surface area contributed by atoms with E-state index in [1.165, 1.54) is 0 Å². The topological polar surface area (TPSA) is 55.8 Å². The first-order valence-electron chi connectivity index (χ1n) is 5.18. The fraction of sp³-hybridized carbons (Fsp3) is 0.308. The molecule has 0 aliphatic heterocycles. The Balaban J connectivity index is 2.96. The van der Waals surface area contributed by atoms with Gasteiger partial charge in [-0.25, -0.2) is 4.79 Å². The number of hydrogen-bond acceptors (Lipinski definition) is 3. The van der Waals surface area contributed by atoms with E-state index in [0.29, 0.717) is 0 Å². The molecule has 0 aliphatic rings. The number of methoxy groups -OCH3 is 1. The van der Waals surface area contributed by atoms with Crippen molar-refractivity contribution in [3.63, 3.8) is 0 Å². The van der Waals surface area contributed by atoms with E-state index < -0.39 is 5.97 Å². The van der Waals surface area contributed by atoms with Crippen molar-refractivity contribution in [2.45, 2.75) is 13.8 Å². The van der Waals surface area contributed by atoms with Gasteiger partial charge in [-0.05, 0) is 48.7 Å². The summed E-state index contributed by atoms with van der Waals surface area (Å²) in [7, 11) is 1.56. The number of benzene rings is 1. The van der Waals surface area contributed by atoms with Gasteiger partial charge >= 0.3 is 5.97 Å². The molecule has 1 N–H and O–H groups in total. The molecular weight excluding hydrogens is 220 g/mol. The zero-order valence-corrected chi connectivity index (χ0v) is 10.2. The molecule has 0 heterocycles. The van der Waals surface area contributed by atoms with Crippen molar-refractivity contribution in [1.29, 1.82) is 0 Å². The van der Waals surface area contributed by atoms with Gasteiger partial charge in [-0.3, -0.25) is 0 Å². The average Bonchev–Trinajstić information content (AvgIpc) is 2.25. The molecule has 0 amide bonds. The molecular formula is C13H16O4. The fourth-order valence-electron chi connectivity index (χ4n) is 1.59. The third-order valence-corrected chi connectivity index (χ3v) is 2.22. The van der Waals surface area contributed by atoms with E-state index in [0.717, 1.165) is 28.5 Å². The summed E-state index contributed by atoms with van der Waals surface area (Å²) in [5, 5.41) is 8.56. The molecule has 1 aromatic carbocycles. The zero-order chi connectivity index (χ0) is 12.8. The van der Waals surface area contributed by atoms with Crippen molar-refractivity contribution >= 4 is 12.0 Å². The highest BCUT2D eigenvalue weighted by Gasteiger charge is 2.05. The van der Waals surface area contributed by atoms with Crippen LogP contribution >= 0.6 is 0 Å². The van der Waals surface area contributed by atoms with Crippen LogP contribution < -0.4 is 4.74 Å². The number of carboxylic acid groups (broad SMARTS) is 1. The van der Waals surface area contributed by atoms with Crippen LogP contribution in [0.5, 0.6) is 5.75 Å². The lowest BCUT2D eigenvalue weighted by Gasteiger charge is -2.12. The molecule has 4 nitrogen and oxygen atoms in total. The molecule has 1 aromatic rings. The van der Waals surface area contributed by atoms with E-state index in [1.54, 1.807) is 13.2 Å². The van der Waals surface area contributed by atoms with Gasteiger partial charge in [-0.1, -0.05) is 0 Å². The highest BCUT2D eigenvalue weighted by atomic mass is 16.7.